The molecule has 0 N–H and O–H groups in total. The number of hydrogen-bond donors (Lipinski definition) is 0. The Hall–Kier alpha value is -1.84. The molecule has 2 rings (SSSR count). The van der Waals surface area contributed by atoms with E-state index in [9.17, 15) is 4.79 Å². The third-order valence-corrected chi connectivity index (χ3v) is 2.99. The summed E-state index contributed by atoms with van der Waals surface area (Å²) < 4.78 is 5.03. The van der Waals surface area contributed by atoms with Crippen LogP contribution in [-0.2, 0) is 14.4 Å². The highest BCUT2D eigenvalue weighted by Crippen LogP contribution is 2.31. The van der Waals surface area contributed by atoms with E-state index in [1.54, 1.807) is 6.92 Å². The first-order chi connectivity index (χ1) is 8.77. The predicted molar refractivity (Wildman–Crippen MR) is 68.4 cm³/mol. The van der Waals surface area contributed by atoms with Crippen LogP contribution in [0.25, 0.3) is 0 Å². The molecule has 0 unspecified atom stereocenters. The maximum absolute atomic E-state index is 11.9. The van der Waals surface area contributed by atoms with Crippen molar-refractivity contribution in [2.45, 2.75) is 32.3 Å². The average molecular weight is 247 g/mol. The van der Waals surface area contributed by atoms with Gasteiger partial charge >= 0.3 is 5.97 Å². The van der Waals surface area contributed by atoms with Gasteiger partial charge in [0.2, 0.25) is 6.10 Å². The van der Waals surface area contributed by atoms with Gasteiger partial charge in [0.1, 0.15) is 0 Å². The van der Waals surface area contributed by atoms with Crippen LogP contribution < -0.4 is 0 Å². The number of rotatable bonds is 4. The number of hydrogen-bond acceptors (Lipinski definition) is 4. The normalized spacial score (nSPS) is 22.2. The van der Waals surface area contributed by atoms with Crippen molar-refractivity contribution in [2.24, 2.45) is 5.16 Å². The average Bonchev–Trinajstić information content (AvgIpc) is 2.83. The van der Waals surface area contributed by atoms with E-state index in [0.717, 1.165) is 17.7 Å². The first kappa shape index (κ1) is 12.6. The van der Waals surface area contributed by atoms with Gasteiger partial charge in [0.25, 0.3) is 0 Å². The molecule has 1 heterocycles. The molecule has 0 aromatic heterocycles. The van der Waals surface area contributed by atoms with Crippen molar-refractivity contribution in [1.29, 1.82) is 0 Å². The molecule has 0 fully saturated rings. The Morgan fingerprint density at radius 2 is 2.06 bits per heavy atom. The van der Waals surface area contributed by atoms with Crippen molar-refractivity contribution in [1.82, 2.24) is 0 Å². The van der Waals surface area contributed by atoms with Crippen LogP contribution in [0.2, 0.25) is 0 Å². The number of esters is 1. The highest BCUT2D eigenvalue weighted by atomic mass is 16.7. The van der Waals surface area contributed by atoms with E-state index in [0.29, 0.717) is 6.61 Å². The molecule has 0 spiro atoms. The van der Waals surface area contributed by atoms with Gasteiger partial charge in [-0.25, -0.2) is 4.79 Å². The molecule has 0 amide bonds. The summed E-state index contributed by atoms with van der Waals surface area (Å²) in [5, 5.41) is 4.01. The molecule has 0 aliphatic carbocycles. The van der Waals surface area contributed by atoms with Crippen LogP contribution >= 0.6 is 0 Å². The lowest BCUT2D eigenvalue weighted by Gasteiger charge is -2.17. The summed E-state index contributed by atoms with van der Waals surface area (Å²) in [6.07, 6.45) is 0.109. The van der Waals surface area contributed by atoms with Gasteiger partial charge in [-0.2, -0.15) is 0 Å². The Balaban J connectivity index is 2.26. The zero-order chi connectivity index (χ0) is 13.0. The summed E-state index contributed by atoms with van der Waals surface area (Å²) in [5.41, 5.74) is 1.92. The summed E-state index contributed by atoms with van der Waals surface area (Å²) in [7, 11) is 0. The van der Waals surface area contributed by atoms with Gasteiger partial charge in [0, 0.05) is 0 Å². The maximum Gasteiger partial charge on any atom is 0.351 e. The van der Waals surface area contributed by atoms with Gasteiger partial charge in [-0.15, -0.1) is 0 Å². The SMILES string of the molecule is CCOC(=O)[C@@H]1ON=C(CC)[C@@H]1c1ccccc1. The van der Waals surface area contributed by atoms with E-state index in [1.807, 2.05) is 37.3 Å². The fourth-order valence-corrected chi connectivity index (χ4v) is 2.13. The van der Waals surface area contributed by atoms with E-state index in [4.69, 9.17) is 9.57 Å². The van der Waals surface area contributed by atoms with Crippen molar-refractivity contribution in [2.75, 3.05) is 6.61 Å². The fraction of sp³-hybridized carbons (Fsp3) is 0.429. The molecule has 2 atom stereocenters. The highest BCUT2D eigenvalue weighted by molar-refractivity contribution is 5.97. The maximum atomic E-state index is 11.9. The Kier molecular flexibility index (Phi) is 3.97. The summed E-state index contributed by atoms with van der Waals surface area (Å²) in [6.45, 7) is 4.14. The zero-order valence-corrected chi connectivity index (χ0v) is 10.6. The first-order valence-corrected chi connectivity index (χ1v) is 6.22. The van der Waals surface area contributed by atoms with Crippen molar-refractivity contribution in [3.63, 3.8) is 0 Å². The second-order valence-corrected chi connectivity index (χ2v) is 4.10. The molecule has 1 aliphatic rings. The fourth-order valence-electron chi connectivity index (χ4n) is 2.13. The van der Waals surface area contributed by atoms with E-state index in [2.05, 4.69) is 5.16 Å². The number of carbonyl (C=O) groups excluding carboxylic acids is 1. The van der Waals surface area contributed by atoms with E-state index >= 15 is 0 Å². The van der Waals surface area contributed by atoms with Crippen LogP contribution in [0.15, 0.2) is 35.5 Å². The largest absolute Gasteiger partial charge is 0.463 e. The van der Waals surface area contributed by atoms with Gasteiger partial charge in [0.05, 0.1) is 18.2 Å². The quantitative estimate of drug-likeness (QED) is 0.768. The molecule has 0 radical (unpaired) electrons. The van der Waals surface area contributed by atoms with Gasteiger partial charge < -0.3 is 9.57 Å². The van der Waals surface area contributed by atoms with E-state index in [1.165, 1.54) is 0 Å². The second-order valence-electron chi connectivity index (χ2n) is 4.10. The molecule has 0 saturated carbocycles. The van der Waals surface area contributed by atoms with Gasteiger partial charge in [0.15, 0.2) is 0 Å². The lowest BCUT2D eigenvalue weighted by molar-refractivity contribution is -0.155. The molecule has 0 saturated heterocycles. The summed E-state index contributed by atoms with van der Waals surface area (Å²) >= 11 is 0. The smallest absolute Gasteiger partial charge is 0.351 e. The topological polar surface area (TPSA) is 47.9 Å². The van der Waals surface area contributed by atoms with Crippen molar-refractivity contribution < 1.29 is 14.4 Å². The Morgan fingerprint density at radius 1 is 1.33 bits per heavy atom. The summed E-state index contributed by atoms with van der Waals surface area (Å²) in [4.78, 5) is 17.1. The second kappa shape index (κ2) is 5.67. The van der Waals surface area contributed by atoms with Crippen LogP contribution in [0.4, 0.5) is 0 Å². The van der Waals surface area contributed by atoms with E-state index in [-0.39, 0.29) is 11.9 Å². The Labute approximate surface area is 107 Å². The summed E-state index contributed by atoms with van der Waals surface area (Å²) in [5.74, 6) is -0.478. The monoisotopic (exact) mass is 247 g/mol. The molecular weight excluding hydrogens is 230 g/mol. The Morgan fingerprint density at radius 3 is 2.67 bits per heavy atom. The lowest BCUT2D eigenvalue weighted by atomic mass is 9.88. The minimum absolute atomic E-state index is 0.129. The minimum Gasteiger partial charge on any atom is -0.463 e. The molecule has 1 aromatic rings. The number of nitrogens with zero attached hydrogens (tertiary/aromatic N) is 1. The molecule has 4 nitrogen and oxygen atoms in total. The van der Waals surface area contributed by atoms with Crippen molar-refractivity contribution in [3.8, 4) is 0 Å². The standard InChI is InChI=1S/C14H17NO3/c1-3-11-12(10-8-6-5-7-9-10)13(18-15-11)14(16)17-4-2/h5-9,12-13H,3-4H2,1-2H3/t12-,13+/m0/s1. The summed E-state index contributed by atoms with van der Waals surface area (Å²) in [6, 6.07) is 9.81. The number of benzene rings is 1. The van der Waals surface area contributed by atoms with Crippen LogP contribution in [0.3, 0.4) is 0 Å². The molecule has 1 aliphatic heterocycles. The third-order valence-electron chi connectivity index (χ3n) is 2.99. The number of oxime groups is 1. The number of carbonyl (C=O) groups is 1. The molecular formula is C14H17NO3. The molecule has 4 heteroatoms. The predicted octanol–water partition coefficient (Wildman–Crippen LogP) is 2.50. The van der Waals surface area contributed by atoms with Crippen molar-refractivity contribution >= 4 is 11.7 Å². The number of ether oxygens (including phenoxy) is 1. The third kappa shape index (κ3) is 2.37. The minimum atomic E-state index is -0.651. The van der Waals surface area contributed by atoms with Gasteiger partial charge in [-0.1, -0.05) is 42.4 Å². The van der Waals surface area contributed by atoms with Crippen LogP contribution in [0, 0.1) is 0 Å². The van der Waals surface area contributed by atoms with Crippen LogP contribution in [0.1, 0.15) is 31.7 Å². The Bertz CT molecular complexity index is 442. The molecule has 18 heavy (non-hydrogen) atoms. The van der Waals surface area contributed by atoms with Crippen LogP contribution in [-0.4, -0.2) is 24.4 Å². The van der Waals surface area contributed by atoms with E-state index < -0.39 is 6.10 Å². The van der Waals surface area contributed by atoms with Gasteiger partial charge in [-0.05, 0) is 18.9 Å². The van der Waals surface area contributed by atoms with Crippen LogP contribution in [0.5, 0.6) is 0 Å². The molecule has 1 aromatic carbocycles. The molecule has 0 bridgehead atoms. The lowest BCUT2D eigenvalue weighted by Crippen LogP contribution is -2.31. The van der Waals surface area contributed by atoms with Gasteiger partial charge in [-0.3, -0.25) is 0 Å². The highest BCUT2D eigenvalue weighted by Gasteiger charge is 2.40. The first-order valence-electron chi connectivity index (χ1n) is 6.22. The van der Waals surface area contributed by atoms with Crippen molar-refractivity contribution in [3.05, 3.63) is 35.9 Å². The molecule has 96 valence electrons. The zero-order valence-electron chi connectivity index (χ0n) is 10.6.